The zero-order valence-electron chi connectivity index (χ0n) is 16.1. The molecule has 1 aliphatic heterocycles. The maximum Gasteiger partial charge on any atom is 0.258 e. The Kier molecular flexibility index (Phi) is 5.34. The van der Waals surface area contributed by atoms with Gasteiger partial charge in [-0.15, -0.1) is 12.4 Å². The number of nitrogens with one attached hydrogen (secondary N) is 1. The zero-order chi connectivity index (χ0) is 19.3. The molecule has 0 atom stereocenters. The molecule has 8 heteroatoms. The van der Waals surface area contributed by atoms with Crippen LogP contribution >= 0.6 is 24.0 Å². The van der Waals surface area contributed by atoms with Gasteiger partial charge in [0.05, 0.1) is 5.52 Å². The lowest BCUT2D eigenvalue weighted by Crippen LogP contribution is -2.24. The minimum Gasteiger partial charge on any atom is -0.334 e. The fourth-order valence-electron chi connectivity index (χ4n) is 3.82. The van der Waals surface area contributed by atoms with Gasteiger partial charge in [0.2, 0.25) is 5.82 Å². The number of nitrogens with zero attached hydrogens (tertiary/aromatic N) is 4. The molecule has 0 radical (unpaired) electrons. The molecule has 0 aliphatic carbocycles. The van der Waals surface area contributed by atoms with Crippen LogP contribution in [0, 0.1) is 0 Å². The lowest BCUT2D eigenvalue weighted by molar-refractivity contribution is 0.432. The monoisotopic (exact) mass is 429 g/mol. The van der Waals surface area contributed by atoms with E-state index in [-0.39, 0.29) is 18.4 Å². The Morgan fingerprint density at radius 2 is 2.07 bits per heavy atom. The Bertz CT molecular complexity index is 1180. The standard InChI is InChI=1S/C21H20ClN5O.ClH/c1-12(2)27-18-7-6-13(10-17(18)19(22)25-27)21-24-20(26-28-21)16-5-3-4-14-11-23-9-8-15(14)16;/h3-7,10,12,23H,8-9,11H2,1-2H3;1H. The molecule has 4 aromatic rings. The second-order valence-corrected chi connectivity index (χ2v) is 7.71. The Morgan fingerprint density at radius 3 is 2.90 bits per heavy atom. The van der Waals surface area contributed by atoms with E-state index in [1.807, 2.05) is 28.9 Å². The maximum atomic E-state index is 6.36. The molecule has 0 amide bonds. The SMILES string of the molecule is CC(C)n1nc(Cl)c2cc(-c3nc(-c4cccc5c4CCNC5)no3)ccc21.Cl. The number of hydrogen-bond donors (Lipinski definition) is 1. The third kappa shape index (κ3) is 3.41. The minimum atomic E-state index is 0. The molecular weight excluding hydrogens is 409 g/mol. The van der Waals surface area contributed by atoms with Crippen molar-refractivity contribution in [3.8, 4) is 22.8 Å². The second kappa shape index (κ2) is 7.78. The van der Waals surface area contributed by atoms with E-state index in [0.29, 0.717) is 16.9 Å². The van der Waals surface area contributed by atoms with Crippen LogP contribution in [0.25, 0.3) is 33.7 Å². The largest absolute Gasteiger partial charge is 0.334 e. The number of halogens is 2. The number of aromatic nitrogens is 4. The molecule has 0 bridgehead atoms. The fourth-order valence-corrected chi connectivity index (χ4v) is 4.05. The van der Waals surface area contributed by atoms with Crippen LogP contribution in [0.2, 0.25) is 5.15 Å². The first-order valence-corrected chi connectivity index (χ1v) is 9.83. The molecule has 150 valence electrons. The van der Waals surface area contributed by atoms with Gasteiger partial charge in [0.15, 0.2) is 5.15 Å². The molecule has 1 aliphatic rings. The van der Waals surface area contributed by atoms with E-state index in [1.54, 1.807) is 0 Å². The van der Waals surface area contributed by atoms with Crippen LogP contribution in [0.3, 0.4) is 0 Å². The summed E-state index contributed by atoms with van der Waals surface area (Å²) in [5, 5.41) is 13.4. The number of benzene rings is 2. The third-order valence-corrected chi connectivity index (χ3v) is 5.48. The smallest absolute Gasteiger partial charge is 0.258 e. The molecule has 1 N–H and O–H groups in total. The lowest BCUT2D eigenvalue weighted by Gasteiger charge is -2.18. The number of fused-ring (bicyclic) bond motifs is 2. The maximum absolute atomic E-state index is 6.36. The quantitative estimate of drug-likeness (QED) is 0.492. The van der Waals surface area contributed by atoms with Gasteiger partial charge in [0.25, 0.3) is 5.89 Å². The normalized spacial score (nSPS) is 13.5. The van der Waals surface area contributed by atoms with E-state index >= 15 is 0 Å². The molecule has 0 fully saturated rings. The minimum absolute atomic E-state index is 0. The lowest BCUT2D eigenvalue weighted by atomic mass is 9.95. The molecule has 3 heterocycles. The average Bonchev–Trinajstić information content (AvgIpc) is 3.33. The van der Waals surface area contributed by atoms with Crippen molar-refractivity contribution < 1.29 is 4.52 Å². The van der Waals surface area contributed by atoms with E-state index in [4.69, 9.17) is 16.1 Å². The average molecular weight is 430 g/mol. The van der Waals surface area contributed by atoms with Crippen LogP contribution in [0.4, 0.5) is 0 Å². The molecular formula is C21H21Cl2N5O. The molecule has 0 saturated heterocycles. The first-order valence-electron chi connectivity index (χ1n) is 9.45. The summed E-state index contributed by atoms with van der Waals surface area (Å²) < 4.78 is 7.51. The molecule has 0 spiro atoms. The van der Waals surface area contributed by atoms with Gasteiger partial charge in [-0.3, -0.25) is 4.68 Å². The van der Waals surface area contributed by atoms with Crippen LogP contribution in [0.15, 0.2) is 40.9 Å². The van der Waals surface area contributed by atoms with Gasteiger partial charge < -0.3 is 9.84 Å². The van der Waals surface area contributed by atoms with Crippen LogP contribution < -0.4 is 5.32 Å². The van der Waals surface area contributed by atoms with Crippen molar-refractivity contribution in [2.45, 2.75) is 32.9 Å². The first kappa shape index (κ1) is 19.9. The highest BCUT2D eigenvalue weighted by Crippen LogP contribution is 2.32. The van der Waals surface area contributed by atoms with Crippen LogP contribution in [0.5, 0.6) is 0 Å². The van der Waals surface area contributed by atoms with Crippen molar-refractivity contribution in [2.75, 3.05) is 6.54 Å². The summed E-state index contributed by atoms with van der Waals surface area (Å²) in [6.45, 7) is 6.00. The summed E-state index contributed by atoms with van der Waals surface area (Å²) in [5.41, 5.74) is 5.46. The van der Waals surface area contributed by atoms with Crippen molar-refractivity contribution in [2.24, 2.45) is 0 Å². The van der Waals surface area contributed by atoms with Crippen molar-refractivity contribution in [1.82, 2.24) is 25.2 Å². The molecule has 0 saturated carbocycles. The van der Waals surface area contributed by atoms with Crippen LogP contribution in [-0.4, -0.2) is 26.5 Å². The van der Waals surface area contributed by atoms with Crippen molar-refractivity contribution in [1.29, 1.82) is 0 Å². The van der Waals surface area contributed by atoms with E-state index in [1.165, 1.54) is 11.1 Å². The summed E-state index contributed by atoms with van der Waals surface area (Å²) in [7, 11) is 0. The van der Waals surface area contributed by atoms with Gasteiger partial charge in [-0.05, 0) is 56.1 Å². The number of rotatable bonds is 3. The van der Waals surface area contributed by atoms with Gasteiger partial charge in [-0.1, -0.05) is 35.0 Å². The van der Waals surface area contributed by atoms with Gasteiger partial charge in [-0.2, -0.15) is 10.1 Å². The summed E-state index contributed by atoms with van der Waals surface area (Å²) in [6.07, 6.45) is 0.964. The van der Waals surface area contributed by atoms with Crippen LogP contribution in [0.1, 0.15) is 31.0 Å². The zero-order valence-corrected chi connectivity index (χ0v) is 17.7. The predicted molar refractivity (Wildman–Crippen MR) is 117 cm³/mol. The molecule has 2 aromatic carbocycles. The van der Waals surface area contributed by atoms with E-state index in [0.717, 1.165) is 41.5 Å². The molecule has 2 aromatic heterocycles. The Hall–Kier alpha value is -2.41. The molecule has 0 unspecified atom stereocenters. The third-order valence-electron chi connectivity index (χ3n) is 5.20. The van der Waals surface area contributed by atoms with Gasteiger partial charge >= 0.3 is 0 Å². The molecule has 29 heavy (non-hydrogen) atoms. The highest BCUT2D eigenvalue weighted by molar-refractivity contribution is 6.34. The fraction of sp³-hybridized carbons (Fsp3) is 0.286. The summed E-state index contributed by atoms with van der Waals surface area (Å²) >= 11 is 6.36. The van der Waals surface area contributed by atoms with Crippen LogP contribution in [-0.2, 0) is 13.0 Å². The number of hydrogen-bond acceptors (Lipinski definition) is 5. The van der Waals surface area contributed by atoms with Gasteiger partial charge in [0, 0.05) is 29.1 Å². The summed E-state index contributed by atoms with van der Waals surface area (Å²) in [5.74, 6) is 1.11. The van der Waals surface area contributed by atoms with E-state index in [2.05, 4.69) is 46.5 Å². The van der Waals surface area contributed by atoms with Crippen molar-refractivity contribution >= 4 is 34.9 Å². The first-order chi connectivity index (χ1) is 13.6. The van der Waals surface area contributed by atoms with E-state index in [9.17, 15) is 0 Å². The Labute approximate surface area is 179 Å². The predicted octanol–water partition coefficient (Wildman–Crippen LogP) is 5.06. The Balaban J connectivity index is 0.00000205. The van der Waals surface area contributed by atoms with Gasteiger partial charge in [-0.25, -0.2) is 0 Å². The highest BCUT2D eigenvalue weighted by atomic mass is 35.5. The van der Waals surface area contributed by atoms with Gasteiger partial charge in [0.1, 0.15) is 0 Å². The molecule has 5 rings (SSSR count). The summed E-state index contributed by atoms with van der Waals surface area (Å²) in [4.78, 5) is 4.67. The topological polar surface area (TPSA) is 68.8 Å². The molecule has 6 nitrogen and oxygen atoms in total. The summed E-state index contributed by atoms with van der Waals surface area (Å²) in [6, 6.07) is 12.4. The second-order valence-electron chi connectivity index (χ2n) is 7.35. The van der Waals surface area contributed by atoms with E-state index < -0.39 is 0 Å². The van der Waals surface area contributed by atoms with Crippen molar-refractivity contribution in [3.63, 3.8) is 0 Å². The Morgan fingerprint density at radius 1 is 1.21 bits per heavy atom. The highest BCUT2D eigenvalue weighted by Gasteiger charge is 2.19. The van der Waals surface area contributed by atoms with Crippen molar-refractivity contribution in [3.05, 3.63) is 52.7 Å².